The summed E-state index contributed by atoms with van der Waals surface area (Å²) in [6.45, 7) is 2.18. The van der Waals surface area contributed by atoms with Crippen molar-refractivity contribution in [1.29, 1.82) is 0 Å². The fourth-order valence-corrected chi connectivity index (χ4v) is 3.20. The third-order valence-electron chi connectivity index (χ3n) is 4.74. The smallest absolute Gasteiger partial charge is 0.251 e. The van der Waals surface area contributed by atoms with Gasteiger partial charge in [0.15, 0.2) is 5.82 Å². The number of nitrogens with one attached hydrogen (secondary N) is 2. The van der Waals surface area contributed by atoms with Gasteiger partial charge in [0.05, 0.1) is 30.0 Å². The summed E-state index contributed by atoms with van der Waals surface area (Å²) in [7, 11) is 0. The Hall–Kier alpha value is -3.78. The molecular weight excluding hydrogens is 380 g/mol. The van der Waals surface area contributed by atoms with Gasteiger partial charge in [0.25, 0.3) is 5.91 Å². The first-order valence-electron chi connectivity index (χ1n) is 9.66. The number of hydrogen-bond acceptors (Lipinski definition) is 6. The highest BCUT2D eigenvalue weighted by Gasteiger charge is 2.12. The van der Waals surface area contributed by atoms with Crippen LogP contribution in [0, 0.1) is 0 Å². The van der Waals surface area contributed by atoms with Gasteiger partial charge in [0.1, 0.15) is 12.1 Å². The molecule has 0 saturated carbocycles. The predicted octanol–water partition coefficient (Wildman–Crippen LogP) is 2.71. The number of imidazole rings is 1. The van der Waals surface area contributed by atoms with Crippen LogP contribution in [0.4, 0.5) is 5.82 Å². The third kappa shape index (κ3) is 4.13. The number of fused-ring (bicyclic) bond motifs is 1. The molecule has 4 rings (SSSR count). The Labute approximate surface area is 173 Å². The van der Waals surface area contributed by atoms with Gasteiger partial charge in [-0.1, -0.05) is 30.3 Å². The summed E-state index contributed by atoms with van der Waals surface area (Å²) in [6, 6.07) is 15.5. The van der Waals surface area contributed by atoms with Crippen LogP contribution in [0.25, 0.3) is 16.9 Å². The monoisotopic (exact) mass is 402 g/mol. The molecule has 152 valence electrons. The lowest BCUT2D eigenvalue weighted by Gasteiger charge is -2.15. The largest absolute Gasteiger partial charge is 0.395 e. The lowest BCUT2D eigenvalue weighted by atomic mass is 10.1. The zero-order chi connectivity index (χ0) is 20.9. The van der Waals surface area contributed by atoms with Crippen molar-refractivity contribution in [1.82, 2.24) is 24.8 Å². The Balaban J connectivity index is 1.58. The van der Waals surface area contributed by atoms with Gasteiger partial charge in [0, 0.05) is 18.2 Å². The minimum absolute atomic E-state index is 0.0790. The maximum atomic E-state index is 12.1. The molecule has 3 N–H and O–H groups in total. The molecule has 1 atom stereocenters. The van der Waals surface area contributed by atoms with E-state index in [0.29, 0.717) is 22.7 Å². The highest BCUT2D eigenvalue weighted by molar-refractivity contribution is 5.97. The number of carbonyl (C=O) groups is 1. The van der Waals surface area contributed by atoms with Gasteiger partial charge in [-0.15, -0.1) is 0 Å². The summed E-state index contributed by atoms with van der Waals surface area (Å²) in [4.78, 5) is 25.5. The van der Waals surface area contributed by atoms with Crippen molar-refractivity contribution in [3.63, 3.8) is 0 Å². The number of amides is 1. The summed E-state index contributed by atoms with van der Waals surface area (Å²) in [5.41, 5.74) is 3.13. The number of hydrogen-bond donors (Lipinski definition) is 3. The molecular formula is C22H22N6O2. The van der Waals surface area contributed by atoms with Crippen molar-refractivity contribution in [2.45, 2.75) is 13.0 Å². The second kappa shape index (κ2) is 8.71. The van der Waals surface area contributed by atoms with Crippen LogP contribution in [0.3, 0.4) is 0 Å². The molecule has 0 radical (unpaired) electrons. The number of benzene rings is 2. The number of aliphatic hydroxyl groups is 1. The highest BCUT2D eigenvalue weighted by atomic mass is 16.3. The van der Waals surface area contributed by atoms with E-state index >= 15 is 0 Å². The van der Waals surface area contributed by atoms with E-state index in [2.05, 4.69) is 44.6 Å². The highest BCUT2D eigenvalue weighted by Crippen LogP contribution is 2.21. The first kappa shape index (κ1) is 19.5. The second-order valence-corrected chi connectivity index (χ2v) is 6.84. The summed E-state index contributed by atoms with van der Waals surface area (Å²) in [5, 5.41) is 14.9. The van der Waals surface area contributed by atoms with E-state index in [-0.39, 0.29) is 25.1 Å². The molecule has 4 aromatic rings. The molecule has 1 amide bonds. The standard InChI is InChI=1S/C22H22N6O2/c1-15(16-5-3-2-4-6-16)26-20-12-23-13-21(27-20)28-14-25-18-11-17(7-8-19(18)28)22(30)24-9-10-29/h2-8,11-15,29H,9-10H2,1H3,(H,24,30)(H,26,27)/t15-/m0/s1. The number of carbonyl (C=O) groups excluding carboxylic acids is 1. The maximum absolute atomic E-state index is 12.1. The topological polar surface area (TPSA) is 105 Å². The maximum Gasteiger partial charge on any atom is 0.251 e. The molecule has 2 aromatic heterocycles. The quantitative estimate of drug-likeness (QED) is 0.439. The Morgan fingerprint density at radius 3 is 2.80 bits per heavy atom. The molecule has 30 heavy (non-hydrogen) atoms. The molecule has 0 unspecified atom stereocenters. The molecule has 8 heteroatoms. The first-order valence-corrected chi connectivity index (χ1v) is 9.66. The van der Waals surface area contributed by atoms with Crippen LogP contribution in [0.5, 0.6) is 0 Å². The van der Waals surface area contributed by atoms with Crippen LogP contribution in [0.15, 0.2) is 67.3 Å². The Morgan fingerprint density at radius 1 is 1.17 bits per heavy atom. The van der Waals surface area contributed by atoms with E-state index in [9.17, 15) is 4.79 Å². The van der Waals surface area contributed by atoms with Crippen LogP contribution in [-0.2, 0) is 0 Å². The molecule has 0 fully saturated rings. The number of anilines is 1. The van der Waals surface area contributed by atoms with Crippen molar-refractivity contribution < 1.29 is 9.90 Å². The molecule has 0 bridgehead atoms. The fraction of sp³-hybridized carbons (Fsp3) is 0.182. The zero-order valence-electron chi connectivity index (χ0n) is 16.5. The molecule has 2 aromatic carbocycles. The van der Waals surface area contributed by atoms with Gasteiger partial charge in [0.2, 0.25) is 0 Å². The van der Waals surface area contributed by atoms with E-state index in [1.54, 1.807) is 30.9 Å². The Bertz CT molecular complexity index is 1160. The van der Waals surface area contributed by atoms with E-state index in [1.165, 1.54) is 0 Å². The fourth-order valence-electron chi connectivity index (χ4n) is 3.20. The first-order chi connectivity index (χ1) is 14.7. The van der Waals surface area contributed by atoms with Gasteiger partial charge < -0.3 is 15.7 Å². The van der Waals surface area contributed by atoms with Gasteiger partial charge >= 0.3 is 0 Å². The average molecular weight is 402 g/mol. The van der Waals surface area contributed by atoms with Gasteiger partial charge in [-0.05, 0) is 30.7 Å². The Kier molecular flexibility index (Phi) is 5.67. The molecule has 0 aliphatic heterocycles. The average Bonchev–Trinajstić information content (AvgIpc) is 3.21. The lowest BCUT2D eigenvalue weighted by Crippen LogP contribution is -2.26. The van der Waals surface area contributed by atoms with Gasteiger partial charge in [-0.25, -0.2) is 9.97 Å². The summed E-state index contributed by atoms with van der Waals surface area (Å²) in [6.07, 6.45) is 5.02. The minimum Gasteiger partial charge on any atom is -0.395 e. The Morgan fingerprint density at radius 2 is 2.00 bits per heavy atom. The molecule has 0 saturated heterocycles. The number of aliphatic hydroxyl groups excluding tert-OH is 1. The van der Waals surface area contributed by atoms with Crippen molar-refractivity contribution in [2.24, 2.45) is 0 Å². The van der Waals surface area contributed by atoms with E-state index in [4.69, 9.17) is 5.11 Å². The van der Waals surface area contributed by atoms with Crippen LogP contribution >= 0.6 is 0 Å². The second-order valence-electron chi connectivity index (χ2n) is 6.84. The van der Waals surface area contributed by atoms with E-state index < -0.39 is 0 Å². The SMILES string of the molecule is C[C@H](Nc1cncc(-n2cnc3cc(C(=O)NCCO)ccc32)n1)c1ccccc1. The van der Waals surface area contributed by atoms with Crippen molar-refractivity contribution >= 4 is 22.8 Å². The van der Waals surface area contributed by atoms with Gasteiger partial charge in [-0.3, -0.25) is 14.3 Å². The van der Waals surface area contributed by atoms with Crippen LogP contribution in [0.1, 0.15) is 28.9 Å². The van der Waals surface area contributed by atoms with Crippen LogP contribution in [0.2, 0.25) is 0 Å². The molecule has 0 aliphatic carbocycles. The number of nitrogens with zero attached hydrogens (tertiary/aromatic N) is 4. The summed E-state index contributed by atoms with van der Waals surface area (Å²) >= 11 is 0. The molecule has 0 spiro atoms. The van der Waals surface area contributed by atoms with E-state index in [1.807, 2.05) is 28.8 Å². The number of rotatable bonds is 7. The van der Waals surface area contributed by atoms with Crippen LogP contribution < -0.4 is 10.6 Å². The van der Waals surface area contributed by atoms with Crippen molar-refractivity contribution in [3.05, 3.63) is 78.4 Å². The third-order valence-corrected chi connectivity index (χ3v) is 4.74. The number of aromatic nitrogens is 4. The molecule has 2 heterocycles. The summed E-state index contributed by atoms with van der Waals surface area (Å²) < 4.78 is 1.83. The summed E-state index contributed by atoms with van der Waals surface area (Å²) in [5.74, 6) is 1.03. The molecule has 8 nitrogen and oxygen atoms in total. The molecule has 0 aliphatic rings. The lowest BCUT2D eigenvalue weighted by molar-refractivity contribution is 0.0945. The van der Waals surface area contributed by atoms with Gasteiger partial charge in [-0.2, -0.15) is 0 Å². The minimum atomic E-state index is -0.249. The van der Waals surface area contributed by atoms with Crippen LogP contribution in [-0.4, -0.2) is 43.7 Å². The van der Waals surface area contributed by atoms with E-state index in [0.717, 1.165) is 11.1 Å². The normalized spacial score (nSPS) is 11.9. The zero-order valence-corrected chi connectivity index (χ0v) is 16.5. The van der Waals surface area contributed by atoms with Crippen molar-refractivity contribution in [3.8, 4) is 5.82 Å². The predicted molar refractivity (Wildman–Crippen MR) is 115 cm³/mol. The van der Waals surface area contributed by atoms with Crippen molar-refractivity contribution in [2.75, 3.05) is 18.5 Å².